The summed E-state index contributed by atoms with van der Waals surface area (Å²) in [5, 5.41) is -0.202. The molecule has 1 unspecified atom stereocenters. The molecule has 2 aliphatic rings. The number of piperidine rings is 1. The summed E-state index contributed by atoms with van der Waals surface area (Å²) < 4.78 is 59.8. The first-order chi connectivity index (χ1) is 15.8. The molecule has 0 bridgehead atoms. The molecular weight excluding hydrogens is 482 g/mol. The number of nitrogens with zero attached hydrogens (tertiary/aromatic N) is 3. The number of anilines is 1. The van der Waals surface area contributed by atoms with Crippen LogP contribution in [0.25, 0.3) is 0 Å². The smallest absolute Gasteiger partial charge is 0.410 e. The molecule has 192 valence electrons. The number of aromatic nitrogens is 1. The van der Waals surface area contributed by atoms with E-state index < -0.39 is 37.4 Å². The third kappa shape index (κ3) is 5.72. The van der Waals surface area contributed by atoms with Crippen molar-refractivity contribution in [1.29, 1.82) is 0 Å². The van der Waals surface area contributed by atoms with Crippen LogP contribution in [-0.4, -0.2) is 83.9 Å². The highest BCUT2D eigenvalue weighted by Crippen LogP contribution is 2.42. The summed E-state index contributed by atoms with van der Waals surface area (Å²) in [5.41, 5.74) is -0.284. The zero-order valence-corrected chi connectivity index (χ0v) is 22.0. The second-order valence-corrected chi connectivity index (χ2v) is 13.1. The van der Waals surface area contributed by atoms with Gasteiger partial charge in [0.05, 0.1) is 19.3 Å². The van der Waals surface area contributed by atoms with Gasteiger partial charge in [-0.15, -0.1) is 0 Å². The molecule has 0 saturated carbocycles. The van der Waals surface area contributed by atoms with E-state index in [1.807, 2.05) is 11.8 Å². The van der Waals surface area contributed by atoms with Crippen molar-refractivity contribution in [3.8, 4) is 0 Å². The lowest BCUT2D eigenvalue weighted by Crippen LogP contribution is -2.50. The fraction of sp³-hybridized carbons (Fsp3) is 0.727. The predicted octanol–water partition coefficient (Wildman–Crippen LogP) is 2.21. The van der Waals surface area contributed by atoms with Gasteiger partial charge in [-0.25, -0.2) is 18.2 Å². The summed E-state index contributed by atoms with van der Waals surface area (Å²) in [7, 11) is -3.68. The minimum atomic E-state index is -3.68. The fourth-order valence-corrected chi connectivity index (χ4v) is 6.39. The Hall–Kier alpha value is -1.76. The normalized spacial score (nSPS) is 22.4. The van der Waals surface area contributed by atoms with Gasteiger partial charge in [0.25, 0.3) is 0 Å². The van der Waals surface area contributed by atoms with Gasteiger partial charge in [0.2, 0.25) is 0 Å². The Morgan fingerprint density at radius 3 is 2.47 bits per heavy atom. The number of hydrogen-bond acceptors (Lipinski definition) is 9. The molecule has 34 heavy (non-hydrogen) atoms. The van der Waals surface area contributed by atoms with E-state index in [1.165, 1.54) is 11.0 Å². The summed E-state index contributed by atoms with van der Waals surface area (Å²) in [6.45, 7) is 9.15. The zero-order valence-electron chi connectivity index (χ0n) is 20.4. The predicted molar refractivity (Wildman–Crippen MR) is 127 cm³/mol. The van der Waals surface area contributed by atoms with E-state index in [0.717, 1.165) is 12.7 Å². The third-order valence-corrected chi connectivity index (χ3v) is 9.02. The SMILES string of the molecule is CC[C@H]1COCCN1c1cc(C2(S(C)(=O)=O)CCN(C(=O)OC(C)(C)C)CC2)cc(S(=O)[O-])n1. The number of morpholine rings is 1. The quantitative estimate of drug-likeness (QED) is 0.541. The van der Waals surface area contributed by atoms with Crippen molar-refractivity contribution in [1.82, 2.24) is 9.88 Å². The summed E-state index contributed by atoms with van der Waals surface area (Å²) in [6, 6.07) is 3.04. The molecule has 0 aromatic carbocycles. The Kier molecular flexibility index (Phi) is 7.96. The highest BCUT2D eigenvalue weighted by Gasteiger charge is 2.47. The Bertz CT molecular complexity index is 1030. The molecule has 2 aliphatic heterocycles. The number of pyridine rings is 1. The van der Waals surface area contributed by atoms with Gasteiger partial charge in [0.1, 0.15) is 21.2 Å². The van der Waals surface area contributed by atoms with E-state index in [9.17, 15) is 22.0 Å². The van der Waals surface area contributed by atoms with Gasteiger partial charge < -0.3 is 23.8 Å². The minimum absolute atomic E-state index is 0.00707. The van der Waals surface area contributed by atoms with Gasteiger partial charge in [0.15, 0.2) is 9.84 Å². The van der Waals surface area contributed by atoms with Gasteiger partial charge in [0, 0.05) is 25.9 Å². The molecule has 0 radical (unpaired) electrons. The number of sulfone groups is 1. The highest BCUT2D eigenvalue weighted by atomic mass is 32.2. The average molecular weight is 517 g/mol. The van der Waals surface area contributed by atoms with Crippen molar-refractivity contribution in [2.75, 3.05) is 44.0 Å². The fourth-order valence-electron chi connectivity index (χ4n) is 4.53. The zero-order chi connectivity index (χ0) is 25.3. The standard InChI is InChI=1S/C22H35N3O7S2/c1-6-17-15-31-12-11-25(17)18-13-16(14-19(23-18)33(27)28)22(34(5,29)30)7-9-24(10-8-22)20(26)32-21(2,3)4/h13-14,17H,6-12,15H2,1-5H3,(H,27,28)/p-1/t17-/m0/s1. The van der Waals surface area contributed by atoms with Gasteiger partial charge in [-0.2, -0.15) is 0 Å². The van der Waals surface area contributed by atoms with Crippen molar-refractivity contribution < 1.29 is 31.4 Å². The largest absolute Gasteiger partial charge is 0.767 e. The number of likely N-dealkylation sites (tertiary alicyclic amines) is 1. The summed E-state index contributed by atoms with van der Waals surface area (Å²) in [4.78, 5) is 20.3. The van der Waals surface area contributed by atoms with Gasteiger partial charge >= 0.3 is 6.09 Å². The molecule has 1 amide bonds. The maximum atomic E-state index is 13.2. The van der Waals surface area contributed by atoms with Crippen LogP contribution in [0.1, 0.15) is 52.5 Å². The molecule has 0 aliphatic carbocycles. The highest BCUT2D eigenvalue weighted by molar-refractivity contribution is 7.91. The monoisotopic (exact) mass is 516 g/mol. The lowest BCUT2D eigenvalue weighted by Gasteiger charge is -2.42. The number of carbonyl (C=O) groups is 1. The maximum absolute atomic E-state index is 13.2. The molecule has 0 N–H and O–H groups in total. The second kappa shape index (κ2) is 10.1. The summed E-state index contributed by atoms with van der Waals surface area (Å²) in [5.74, 6) is 0.421. The van der Waals surface area contributed by atoms with Crippen LogP contribution >= 0.6 is 0 Å². The first-order valence-corrected chi connectivity index (χ1v) is 14.4. The Morgan fingerprint density at radius 2 is 1.94 bits per heavy atom. The molecule has 3 rings (SSSR count). The van der Waals surface area contributed by atoms with E-state index in [0.29, 0.717) is 31.1 Å². The molecule has 1 aromatic heterocycles. The Balaban J connectivity index is 2.01. The molecule has 1 aromatic rings. The van der Waals surface area contributed by atoms with Crippen molar-refractivity contribution in [3.05, 3.63) is 17.7 Å². The third-order valence-electron chi connectivity index (χ3n) is 6.41. The Labute approximate surface area is 204 Å². The van der Waals surface area contributed by atoms with Crippen LogP contribution in [0, 0.1) is 0 Å². The summed E-state index contributed by atoms with van der Waals surface area (Å²) in [6.07, 6.45) is 1.68. The number of amides is 1. The maximum Gasteiger partial charge on any atom is 0.410 e. The number of carbonyl (C=O) groups excluding carboxylic acids is 1. The number of hydrogen-bond donors (Lipinski definition) is 0. The van der Waals surface area contributed by atoms with Gasteiger partial charge in [-0.05, 0) is 68.8 Å². The second-order valence-electron chi connectivity index (χ2n) is 9.85. The first kappa shape index (κ1) is 26.8. The lowest BCUT2D eigenvalue weighted by atomic mass is 9.88. The van der Waals surface area contributed by atoms with Crippen LogP contribution in [0.15, 0.2) is 17.2 Å². The van der Waals surface area contributed by atoms with Gasteiger partial charge in [-0.1, -0.05) is 6.92 Å². The van der Waals surface area contributed by atoms with Crippen LogP contribution in [0.5, 0.6) is 0 Å². The van der Waals surface area contributed by atoms with Crippen LogP contribution in [0.2, 0.25) is 0 Å². The molecule has 12 heteroatoms. The van der Waals surface area contributed by atoms with Crippen molar-refractivity contribution >= 4 is 32.8 Å². The van der Waals surface area contributed by atoms with Crippen LogP contribution in [-0.2, 0) is 35.1 Å². The molecular formula is C22H34N3O7S2-. The van der Waals surface area contributed by atoms with Crippen LogP contribution in [0.3, 0.4) is 0 Å². The van der Waals surface area contributed by atoms with Gasteiger partial charge in [-0.3, -0.25) is 4.21 Å². The Morgan fingerprint density at radius 1 is 1.29 bits per heavy atom. The molecule has 3 heterocycles. The van der Waals surface area contributed by atoms with Crippen molar-refractivity contribution in [2.24, 2.45) is 0 Å². The van der Waals surface area contributed by atoms with Crippen LogP contribution in [0.4, 0.5) is 10.6 Å². The lowest BCUT2D eigenvalue weighted by molar-refractivity contribution is 0.0192. The van der Waals surface area contributed by atoms with Crippen LogP contribution < -0.4 is 4.90 Å². The molecule has 0 spiro atoms. The molecule has 2 fully saturated rings. The molecule has 2 saturated heterocycles. The topological polar surface area (TPSA) is 129 Å². The number of rotatable bonds is 5. The van der Waals surface area contributed by atoms with E-state index in [4.69, 9.17) is 9.47 Å². The molecule has 2 atom stereocenters. The average Bonchev–Trinajstić information content (AvgIpc) is 2.76. The van der Waals surface area contributed by atoms with E-state index >= 15 is 0 Å². The van der Waals surface area contributed by atoms with Crippen molar-refractivity contribution in [2.45, 2.75) is 68.4 Å². The van der Waals surface area contributed by atoms with E-state index in [1.54, 1.807) is 26.8 Å². The minimum Gasteiger partial charge on any atom is -0.767 e. The van der Waals surface area contributed by atoms with Crippen molar-refractivity contribution in [3.63, 3.8) is 0 Å². The molecule has 10 nitrogen and oxygen atoms in total. The number of ether oxygens (including phenoxy) is 2. The van der Waals surface area contributed by atoms with E-state index in [-0.39, 0.29) is 37.0 Å². The first-order valence-electron chi connectivity index (χ1n) is 11.4. The summed E-state index contributed by atoms with van der Waals surface area (Å²) >= 11 is -2.64. The van der Waals surface area contributed by atoms with E-state index in [2.05, 4.69) is 4.98 Å².